The van der Waals surface area contributed by atoms with Gasteiger partial charge in [-0.25, -0.2) is 9.97 Å². The number of rotatable bonds is 9. The Hall–Kier alpha value is -3.01. The van der Waals surface area contributed by atoms with E-state index in [-0.39, 0.29) is 12.2 Å². The maximum Gasteiger partial charge on any atom is 0.225 e. The normalized spacial score (nSPS) is 20.5. The van der Waals surface area contributed by atoms with Gasteiger partial charge in [-0.05, 0) is 50.0 Å². The molecule has 2 aliphatic rings. The molecule has 0 spiro atoms. The van der Waals surface area contributed by atoms with E-state index in [1.165, 1.54) is 32.1 Å². The van der Waals surface area contributed by atoms with Gasteiger partial charge in [0.05, 0.1) is 28.1 Å². The Labute approximate surface area is 243 Å². The third-order valence-electron chi connectivity index (χ3n) is 7.07. The summed E-state index contributed by atoms with van der Waals surface area (Å²) in [5, 5.41) is 11.0. The van der Waals surface area contributed by atoms with Crippen molar-refractivity contribution >= 4 is 44.0 Å². The van der Waals surface area contributed by atoms with Gasteiger partial charge in [0, 0.05) is 45.0 Å². The Morgan fingerprint density at radius 2 is 1.82 bits per heavy atom. The van der Waals surface area contributed by atoms with E-state index in [4.69, 9.17) is 19.7 Å². The number of anilines is 3. The Morgan fingerprint density at radius 3 is 2.52 bits per heavy atom. The summed E-state index contributed by atoms with van der Waals surface area (Å²) >= 11 is 1.62. The van der Waals surface area contributed by atoms with E-state index in [1.807, 2.05) is 33.2 Å². The maximum atomic E-state index is 5.94. The van der Waals surface area contributed by atoms with Gasteiger partial charge in [0.15, 0.2) is 5.13 Å². The molecule has 1 aliphatic heterocycles. The Bertz CT molecular complexity index is 1270. The highest BCUT2D eigenvalue weighted by Gasteiger charge is 2.23. The molecule has 2 fully saturated rings. The number of fused-ring (bicyclic) bond motifs is 1. The number of nitrogens with one attached hydrogen (secondary N) is 3. The number of allylic oxidation sites excluding steroid dienone is 2. The zero-order valence-corrected chi connectivity index (χ0v) is 25.5. The number of morpholine rings is 1. The van der Waals surface area contributed by atoms with Crippen LogP contribution in [0.3, 0.4) is 0 Å². The summed E-state index contributed by atoms with van der Waals surface area (Å²) in [6.45, 7) is 14.8. The lowest BCUT2D eigenvalue weighted by molar-refractivity contribution is -0.0707. The molecule has 1 saturated carbocycles. The van der Waals surface area contributed by atoms with Gasteiger partial charge in [0.1, 0.15) is 5.82 Å². The molecule has 3 N–H and O–H groups in total. The molecule has 216 valence electrons. The van der Waals surface area contributed by atoms with Crippen molar-refractivity contribution in [3.05, 3.63) is 54.4 Å². The van der Waals surface area contributed by atoms with Crippen LogP contribution in [0, 0.1) is 0 Å². The Morgan fingerprint density at radius 1 is 1.07 bits per heavy atom. The second-order valence-corrected chi connectivity index (χ2v) is 11.4. The molecule has 3 heterocycles. The molecule has 0 bridgehead atoms. The average molecular weight is 564 g/mol. The smallest absolute Gasteiger partial charge is 0.225 e. The van der Waals surface area contributed by atoms with E-state index in [0.717, 1.165) is 57.6 Å². The summed E-state index contributed by atoms with van der Waals surface area (Å²) in [4.78, 5) is 17.0. The summed E-state index contributed by atoms with van der Waals surface area (Å²) in [5.41, 5.74) is 4.11. The number of benzene rings is 1. The topological polar surface area (TPSA) is 87.2 Å². The molecule has 3 aromatic rings. The van der Waals surface area contributed by atoms with Crippen LogP contribution in [-0.4, -0.2) is 58.2 Å². The first-order chi connectivity index (χ1) is 19.5. The number of hydrogen-bond donors (Lipinski definition) is 3. The van der Waals surface area contributed by atoms with Crippen LogP contribution in [0.25, 0.3) is 15.8 Å². The molecule has 2 unspecified atom stereocenters. The van der Waals surface area contributed by atoms with Gasteiger partial charge in [-0.2, -0.15) is 4.98 Å². The zero-order chi connectivity index (χ0) is 28.5. The minimum atomic E-state index is 0.218. The lowest BCUT2D eigenvalue weighted by Crippen LogP contribution is -2.45. The predicted molar refractivity (Wildman–Crippen MR) is 169 cm³/mol. The quantitative estimate of drug-likeness (QED) is 0.241. The van der Waals surface area contributed by atoms with E-state index in [1.54, 1.807) is 11.3 Å². The van der Waals surface area contributed by atoms with E-state index >= 15 is 0 Å². The van der Waals surface area contributed by atoms with Crippen molar-refractivity contribution in [2.75, 3.05) is 30.8 Å². The minimum absolute atomic E-state index is 0.218. The van der Waals surface area contributed by atoms with Crippen LogP contribution in [-0.2, 0) is 11.3 Å². The van der Waals surface area contributed by atoms with Gasteiger partial charge in [0.25, 0.3) is 0 Å². The number of aromatic nitrogens is 3. The van der Waals surface area contributed by atoms with Crippen molar-refractivity contribution < 1.29 is 4.74 Å². The van der Waals surface area contributed by atoms with Crippen molar-refractivity contribution in [3.8, 4) is 0 Å². The summed E-state index contributed by atoms with van der Waals surface area (Å²) in [6.07, 6.45) is 10.4. The molecule has 5 rings (SSSR count). The van der Waals surface area contributed by atoms with Crippen LogP contribution in [0.15, 0.2) is 43.1 Å². The molecular formula is C31H45N7OS. The van der Waals surface area contributed by atoms with Crippen molar-refractivity contribution in [3.63, 3.8) is 0 Å². The third-order valence-corrected chi connectivity index (χ3v) is 8.01. The highest BCUT2D eigenvalue weighted by molar-refractivity contribution is 7.22. The number of thiazole rings is 1. The second kappa shape index (κ2) is 14.6. The molecule has 40 heavy (non-hydrogen) atoms. The monoisotopic (exact) mass is 563 g/mol. The fraction of sp³-hybridized carbons (Fsp3) is 0.516. The first-order valence-electron chi connectivity index (χ1n) is 14.7. The van der Waals surface area contributed by atoms with Gasteiger partial charge in [-0.3, -0.25) is 4.90 Å². The van der Waals surface area contributed by atoms with E-state index in [0.29, 0.717) is 12.0 Å². The van der Waals surface area contributed by atoms with Gasteiger partial charge in [0.2, 0.25) is 5.95 Å². The largest absolute Gasteiger partial charge is 0.393 e. The lowest BCUT2D eigenvalue weighted by atomic mass is 9.96. The third kappa shape index (κ3) is 8.02. The molecule has 8 nitrogen and oxygen atoms in total. The van der Waals surface area contributed by atoms with Crippen LogP contribution < -0.4 is 16.0 Å². The summed E-state index contributed by atoms with van der Waals surface area (Å²) < 4.78 is 7.05. The molecule has 1 aromatic carbocycles. The first kappa shape index (κ1) is 30.0. The molecule has 2 atom stereocenters. The van der Waals surface area contributed by atoms with Gasteiger partial charge < -0.3 is 20.7 Å². The molecule has 0 amide bonds. The zero-order valence-electron chi connectivity index (χ0n) is 24.7. The van der Waals surface area contributed by atoms with Crippen molar-refractivity contribution in [1.82, 2.24) is 25.2 Å². The van der Waals surface area contributed by atoms with Crippen LogP contribution in [0.5, 0.6) is 0 Å². The van der Waals surface area contributed by atoms with E-state index < -0.39 is 0 Å². The highest BCUT2D eigenvalue weighted by Crippen LogP contribution is 2.31. The Balaban J connectivity index is 0.00000181. The number of nitrogens with zero attached hydrogens (tertiary/aromatic N) is 4. The average Bonchev–Trinajstić information content (AvgIpc) is 3.34. The SMILES string of the molecule is C=C/C(=C\NC)c1ccc2nc(Nc3cc(CN4CC(C)OC(C)C4)nc(NC4CCCCC4)n3)sc2c1.CC. The van der Waals surface area contributed by atoms with Crippen molar-refractivity contribution in [1.29, 1.82) is 0 Å². The standard InChI is InChI=1S/C29H39N7OS.C2H6/c1-5-21(15-30-4)22-11-12-25-26(13-22)38-29(33-25)35-27-14-24(18-36-16-19(2)37-20(3)17-36)32-28(34-27)31-23-9-7-6-8-10-23;1-2/h5,11-15,19-20,23,30H,1,6-10,16-18H2,2-4H3,(H2,31,32,33,34,35);1-2H3/b21-15+;. The van der Waals surface area contributed by atoms with Gasteiger partial charge in [-0.1, -0.05) is 63.2 Å². The lowest BCUT2D eigenvalue weighted by Gasteiger charge is -2.35. The molecular weight excluding hydrogens is 518 g/mol. The molecule has 0 radical (unpaired) electrons. The van der Waals surface area contributed by atoms with Gasteiger partial charge >= 0.3 is 0 Å². The molecule has 1 aliphatic carbocycles. The summed E-state index contributed by atoms with van der Waals surface area (Å²) in [5.74, 6) is 1.46. The fourth-order valence-electron chi connectivity index (χ4n) is 5.46. The van der Waals surface area contributed by atoms with Crippen LogP contribution in [0.2, 0.25) is 0 Å². The molecule has 2 aromatic heterocycles. The summed E-state index contributed by atoms with van der Waals surface area (Å²) in [6, 6.07) is 8.78. The van der Waals surface area contributed by atoms with Crippen LogP contribution >= 0.6 is 11.3 Å². The van der Waals surface area contributed by atoms with Crippen LogP contribution in [0.1, 0.15) is 71.1 Å². The Kier molecular flexibility index (Phi) is 10.9. The molecule has 9 heteroatoms. The molecule has 1 saturated heterocycles. The van der Waals surface area contributed by atoms with Crippen molar-refractivity contribution in [2.45, 2.75) is 84.6 Å². The summed E-state index contributed by atoms with van der Waals surface area (Å²) in [7, 11) is 1.89. The van der Waals surface area contributed by atoms with Crippen LogP contribution in [0.4, 0.5) is 16.9 Å². The van der Waals surface area contributed by atoms with E-state index in [9.17, 15) is 0 Å². The highest BCUT2D eigenvalue weighted by atomic mass is 32.1. The van der Waals surface area contributed by atoms with Gasteiger partial charge in [-0.15, -0.1) is 0 Å². The predicted octanol–water partition coefficient (Wildman–Crippen LogP) is 6.96. The minimum Gasteiger partial charge on any atom is -0.393 e. The number of hydrogen-bond acceptors (Lipinski definition) is 9. The van der Waals surface area contributed by atoms with E-state index in [2.05, 4.69) is 65.5 Å². The first-order valence-corrected chi connectivity index (χ1v) is 15.5. The number of ether oxygens (including phenoxy) is 1. The maximum absolute atomic E-state index is 5.94. The van der Waals surface area contributed by atoms with Crippen molar-refractivity contribution in [2.24, 2.45) is 0 Å². The second-order valence-electron chi connectivity index (χ2n) is 10.4. The fourth-order valence-corrected chi connectivity index (χ4v) is 6.37.